The fourth-order valence-corrected chi connectivity index (χ4v) is 1.47. The molecule has 0 bridgehead atoms. The minimum Gasteiger partial charge on any atom is -0.508 e. The van der Waals surface area contributed by atoms with E-state index < -0.39 is 0 Å². The van der Waals surface area contributed by atoms with Crippen molar-refractivity contribution < 1.29 is 5.11 Å². The summed E-state index contributed by atoms with van der Waals surface area (Å²) in [6.07, 6.45) is 0. The van der Waals surface area contributed by atoms with E-state index in [1.807, 2.05) is 24.3 Å². The Morgan fingerprint density at radius 1 is 0.933 bits per heavy atom. The van der Waals surface area contributed by atoms with Crippen molar-refractivity contribution in [2.24, 2.45) is 0 Å². The van der Waals surface area contributed by atoms with Gasteiger partial charge in [0.25, 0.3) is 0 Å². The van der Waals surface area contributed by atoms with E-state index in [0.29, 0.717) is 5.02 Å². The van der Waals surface area contributed by atoms with E-state index in [9.17, 15) is 0 Å². The van der Waals surface area contributed by atoms with Gasteiger partial charge in [-0.3, -0.25) is 0 Å². The lowest BCUT2D eigenvalue weighted by Crippen LogP contribution is -1.88. The Bertz CT molecular complexity index is 453. The SMILES string of the molecule is Oc1ccc(Nc2cccc(Cl)c2)cc1. The van der Waals surface area contributed by atoms with Gasteiger partial charge in [-0.05, 0) is 42.5 Å². The van der Waals surface area contributed by atoms with E-state index in [1.54, 1.807) is 24.3 Å². The van der Waals surface area contributed by atoms with Crippen LogP contribution < -0.4 is 5.32 Å². The first-order valence-corrected chi connectivity index (χ1v) is 4.93. The summed E-state index contributed by atoms with van der Waals surface area (Å²) in [4.78, 5) is 0. The zero-order valence-electron chi connectivity index (χ0n) is 7.94. The van der Waals surface area contributed by atoms with Gasteiger partial charge in [-0.25, -0.2) is 0 Å². The fraction of sp³-hybridized carbons (Fsp3) is 0. The highest BCUT2D eigenvalue weighted by Gasteiger charge is 1.95. The molecule has 0 aliphatic carbocycles. The third-order valence-corrected chi connectivity index (χ3v) is 2.22. The van der Waals surface area contributed by atoms with Crippen molar-refractivity contribution in [3.05, 3.63) is 53.6 Å². The molecule has 2 aromatic rings. The van der Waals surface area contributed by atoms with E-state index in [1.165, 1.54) is 0 Å². The van der Waals surface area contributed by atoms with Crippen molar-refractivity contribution in [3.63, 3.8) is 0 Å². The molecule has 0 unspecified atom stereocenters. The molecule has 0 radical (unpaired) electrons. The highest BCUT2D eigenvalue weighted by molar-refractivity contribution is 6.30. The van der Waals surface area contributed by atoms with Gasteiger partial charge < -0.3 is 10.4 Å². The minimum atomic E-state index is 0.256. The number of phenolic OH excluding ortho intramolecular Hbond substituents is 1. The summed E-state index contributed by atoms with van der Waals surface area (Å²) in [7, 11) is 0. The molecule has 0 aromatic heterocycles. The number of hydrogen-bond acceptors (Lipinski definition) is 2. The van der Waals surface area contributed by atoms with E-state index in [0.717, 1.165) is 11.4 Å². The Hall–Kier alpha value is -1.67. The molecule has 2 nitrogen and oxygen atoms in total. The normalized spacial score (nSPS) is 9.93. The molecule has 2 rings (SSSR count). The Morgan fingerprint density at radius 3 is 2.33 bits per heavy atom. The van der Waals surface area contributed by atoms with Crippen LogP contribution in [0.1, 0.15) is 0 Å². The van der Waals surface area contributed by atoms with E-state index in [4.69, 9.17) is 16.7 Å². The number of aromatic hydroxyl groups is 1. The second-order valence-corrected chi connectivity index (χ2v) is 3.62. The van der Waals surface area contributed by atoms with Crippen LogP contribution in [0.5, 0.6) is 5.75 Å². The van der Waals surface area contributed by atoms with E-state index in [-0.39, 0.29) is 5.75 Å². The molecule has 0 heterocycles. The molecule has 0 amide bonds. The summed E-state index contributed by atoms with van der Waals surface area (Å²) in [5.74, 6) is 0.256. The first kappa shape index (κ1) is 9.87. The standard InChI is InChI=1S/C12H10ClNO/c13-9-2-1-3-11(8-9)14-10-4-6-12(15)7-5-10/h1-8,14-15H. The lowest BCUT2D eigenvalue weighted by molar-refractivity contribution is 0.475. The number of anilines is 2. The van der Waals surface area contributed by atoms with Gasteiger partial charge in [0.1, 0.15) is 5.75 Å². The molecule has 0 fully saturated rings. The molecule has 2 N–H and O–H groups in total. The molecule has 0 atom stereocenters. The Balaban J connectivity index is 2.18. The maximum Gasteiger partial charge on any atom is 0.115 e. The Labute approximate surface area is 93.1 Å². The average molecular weight is 220 g/mol. The maximum absolute atomic E-state index is 9.12. The molecule has 2 aromatic carbocycles. The number of rotatable bonds is 2. The minimum absolute atomic E-state index is 0.256. The number of nitrogens with one attached hydrogen (secondary N) is 1. The van der Waals surface area contributed by atoms with Gasteiger partial charge in [-0.15, -0.1) is 0 Å². The highest BCUT2D eigenvalue weighted by Crippen LogP contribution is 2.21. The molecule has 0 spiro atoms. The van der Waals surface area contributed by atoms with Crippen molar-refractivity contribution in [1.82, 2.24) is 0 Å². The van der Waals surface area contributed by atoms with Crippen molar-refractivity contribution in [2.45, 2.75) is 0 Å². The van der Waals surface area contributed by atoms with E-state index >= 15 is 0 Å². The van der Waals surface area contributed by atoms with Crippen LogP contribution in [0, 0.1) is 0 Å². The van der Waals surface area contributed by atoms with Gasteiger partial charge in [0.2, 0.25) is 0 Å². The summed E-state index contributed by atoms with van der Waals surface area (Å²) >= 11 is 5.86. The van der Waals surface area contributed by atoms with Gasteiger partial charge in [0.15, 0.2) is 0 Å². The zero-order chi connectivity index (χ0) is 10.7. The van der Waals surface area contributed by atoms with Crippen LogP contribution in [-0.2, 0) is 0 Å². The third-order valence-electron chi connectivity index (χ3n) is 1.98. The molecule has 0 aliphatic rings. The van der Waals surface area contributed by atoms with E-state index in [2.05, 4.69) is 5.32 Å². The quantitative estimate of drug-likeness (QED) is 0.754. The number of phenols is 1. The van der Waals surface area contributed by atoms with Crippen LogP contribution in [0.25, 0.3) is 0 Å². The van der Waals surface area contributed by atoms with Crippen LogP contribution in [0.2, 0.25) is 5.02 Å². The van der Waals surface area contributed by atoms with Crippen LogP contribution in [-0.4, -0.2) is 5.11 Å². The molecule has 15 heavy (non-hydrogen) atoms. The summed E-state index contributed by atoms with van der Waals surface area (Å²) in [6.45, 7) is 0. The van der Waals surface area contributed by atoms with Crippen LogP contribution in [0.15, 0.2) is 48.5 Å². The molecular formula is C12H10ClNO. The van der Waals surface area contributed by atoms with Crippen LogP contribution in [0.3, 0.4) is 0 Å². The molecule has 0 saturated carbocycles. The van der Waals surface area contributed by atoms with Gasteiger partial charge >= 0.3 is 0 Å². The summed E-state index contributed by atoms with van der Waals surface area (Å²) < 4.78 is 0. The first-order chi connectivity index (χ1) is 7.24. The number of hydrogen-bond donors (Lipinski definition) is 2. The largest absolute Gasteiger partial charge is 0.508 e. The molecule has 0 saturated heterocycles. The number of benzene rings is 2. The summed E-state index contributed by atoms with van der Waals surface area (Å²) in [5, 5.41) is 13.0. The summed E-state index contributed by atoms with van der Waals surface area (Å²) in [6, 6.07) is 14.3. The molecular weight excluding hydrogens is 210 g/mol. The van der Waals surface area contributed by atoms with Crippen molar-refractivity contribution in [3.8, 4) is 5.75 Å². The predicted octanol–water partition coefficient (Wildman–Crippen LogP) is 3.79. The zero-order valence-corrected chi connectivity index (χ0v) is 8.70. The summed E-state index contributed by atoms with van der Waals surface area (Å²) in [5.41, 5.74) is 1.84. The van der Waals surface area contributed by atoms with Crippen molar-refractivity contribution in [2.75, 3.05) is 5.32 Å². The monoisotopic (exact) mass is 219 g/mol. The third kappa shape index (κ3) is 2.64. The smallest absolute Gasteiger partial charge is 0.115 e. The molecule has 0 aliphatic heterocycles. The maximum atomic E-state index is 9.12. The molecule has 3 heteroatoms. The van der Waals surface area contributed by atoms with Crippen LogP contribution in [0.4, 0.5) is 11.4 Å². The second-order valence-electron chi connectivity index (χ2n) is 3.18. The highest BCUT2D eigenvalue weighted by atomic mass is 35.5. The predicted molar refractivity (Wildman–Crippen MR) is 62.8 cm³/mol. The van der Waals surface area contributed by atoms with Crippen molar-refractivity contribution in [1.29, 1.82) is 0 Å². The lowest BCUT2D eigenvalue weighted by atomic mass is 10.2. The topological polar surface area (TPSA) is 32.3 Å². The van der Waals surface area contributed by atoms with Crippen LogP contribution >= 0.6 is 11.6 Å². The van der Waals surface area contributed by atoms with Gasteiger partial charge in [-0.1, -0.05) is 17.7 Å². The lowest BCUT2D eigenvalue weighted by Gasteiger charge is -2.06. The number of halogens is 1. The first-order valence-electron chi connectivity index (χ1n) is 4.56. The van der Waals surface area contributed by atoms with Gasteiger partial charge in [0, 0.05) is 16.4 Å². The Morgan fingerprint density at radius 2 is 1.67 bits per heavy atom. The second kappa shape index (κ2) is 4.24. The average Bonchev–Trinajstić information content (AvgIpc) is 2.22. The van der Waals surface area contributed by atoms with Gasteiger partial charge in [0.05, 0.1) is 0 Å². The van der Waals surface area contributed by atoms with Crippen molar-refractivity contribution >= 4 is 23.0 Å². The fourth-order valence-electron chi connectivity index (χ4n) is 1.28. The van der Waals surface area contributed by atoms with Gasteiger partial charge in [-0.2, -0.15) is 0 Å². The Kier molecular flexibility index (Phi) is 2.79. The molecule has 76 valence electrons.